The van der Waals surface area contributed by atoms with Gasteiger partial charge < -0.3 is 4.74 Å². The fourth-order valence-electron chi connectivity index (χ4n) is 1.99. The van der Waals surface area contributed by atoms with E-state index in [2.05, 4.69) is 0 Å². The molecule has 2 rings (SSSR count). The fraction of sp³-hybridized carbons (Fsp3) is 0.167. The van der Waals surface area contributed by atoms with Crippen LogP contribution in [0.2, 0.25) is 0 Å². The van der Waals surface area contributed by atoms with E-state index in [0.717, 1.165) is 34.1 Å². The number of carbonyl (C=O) groups excluding carboxylic acids is 1. The van der Waals surface area contributed by atoms with Crippen LogP contribution in [-0.4, -0.2) is 38.9 Å². The van der Waals surface area contributed by atoms with Gasteiger partial charge in [-0.1, -0.05) is 36.4 Å². The molecule has 0 atom stereocenters. The minimum atomic E-state index is -3.88. The number of esters is 1. The minimum Gasteiger partial charge on any atom is -0.460 e. The van der Waals surface area contributed by atoms with Gasteiger partial charge in [0.2, 0.25) is 10.0 Å². The van der Waals surface area contributed by atoms with Gasteiger partial charge in [0.05, 0.1) is 4.90 Å². The van der Waals surface area contributed by atoms with Gasteiger partial charge in [-0.05, 0) is 35.9 Å². The average molecular weight is 363 g/mol. The summed E-state index contributed by atoms with van der Waals surface area (Å²) in [7, 11) is -2.61. The zero-order chi connectivity index (χ0) is 18.3. The quantitative estimate of drug-likeness (QED) is 0.710. The van der Waals surface area contributed by atoms with Gasteiger partial charge in [-0.15, -0.1) is 0 Å². The van der Waals surface area contributed by atoms with Crippen LogP contribution >= 0.6 is 0 Å². The molecule has 0 aliphatic carbocycles. The number of sulfonamides is 1. The Labute approximate surface area is 146 Å². The number of carbonyl (C=O) groups is 1. The summed E-state index contributed by atoms with van der Waals surface area (Å²) in [5, 5.41) is 0. The lowest BCUT2D eigenvalue weighted by Crippen LogP contribution is -2.33. The van der Waals surface area contributed by atoms with Gasteiger partial charge in [-0.25, -0.2) is 12.8 Å². The van der Waals surface area contributed by atoms with E-state index in [4.69, 9.17) is 4.74 Å². The zero-order valence-corrected chi connectivity index (χ0v) is 14.4. The molecular weight excluding hydrogens is 345 g/mol. The first kappa shape index (κ1) is 18.8. The van der Waals surface area contributed by atoms with Gasteiger partial charge in [0, 0.05) is 7.05 Å². The average Bonchev–Trinajstić information content (AvgIpc) is 2.60. The van der Waals surface area contributed by atoms with Crippen LogP contribution in [0.4, 0.5) is 4.39 Å². The van der Waals surface area contributed by atoms with E-state index in [1.54, 1.807) is 12.2 Å². The second-order valence-electron chi connectivity index (χ2n) is 5.21. The van der Waals surface area contributed by atoms with Crippen molar-refractivity contribution < 1.29 is 22.3 Å². The third kappa shape index (κ3) is 5.51. The van der Waals surface area contributed by atoms with Crippen LogP contribution in [0.5, 0.6) is 0 Å². The van der Waals surface area contributed by atoms with E-state index in [1.165, 1.54) is 7.05 Å². The summed E-state index contributed by atoms with van der Waals surface area (Å²) >= 11 is 0. The first-order valence-corrected chi connectivity index (χ1v) is 8.93. The van der Waals surface area contributed by atoms with Crippen LogP contribution < -0.4 is 0 Å². The number of likely N-dealkylation sites (N-methyl/N-ethyl adjacent to an activating group) is 1. The van der Waals surface area contributed by atoms with Crippen molar-refractivity contribution in [3.05, 3.63) is 72.1 Å². The molecule has 0 amide bonds. The number of nitrogens with zero attached hydrogens (tertiary/aromatic N) is 1. The molecule has 0 aliphatic rings. The molecule has 0 bridgehead atoms. The lowest BCUT2D eigenvalue weighted by atomic mass is 10.2. The van der Waals surface area contributed by atoms with Gasteiger partial charge in [0.15, 0.2) is 0 Å². The molecule has 0 saturated carbocycles. The third-order valence-electron chi connectivity index (χ3n) is 3.32. The highest BCUT2D eigenvalue weighted by atomic mass is 32.2. The summed E-state index contributed by atoms with van der Waals surface area (Å²) in [6.07, 6.45) is 3.47. The SMILES string of the molecule is CN(CC(=O)OC/C=C\c1ccccc1)S(=O)(=O)c1ccc(F)cc1. The van der Waals surface area contributed by atoms with E-state index >= 15 is 0 Å². The molecule has 0 fully saturated rings. The van der Waals surface area contributed by atoms with Crippen molar-refractivity contribution >= 4 is 22.1 Å². The first-order valence-electron chi connectivity index (χ1n) is 7.49. The molecule has 132 valence electrons. The van der Waals surface area contributed by atoms with E-state index < -0.39 is 28.4 Å². The second kappa shape index (κ2) is 8.55. The van der Waals surface area contributed by atoms with Gasteiger partial charge >= 0.3 is 5.97 Å². The normalized spacial score (nSPS) is 11.8. The molecule has 0 aromatic heterocycles. The Morgan fingerprint density at radius 3 is 2.40 bits per heavy atom. The maximum Gasteiger partial charge on any atom is 0.321 e. The summed E-state index contributed by atoms with van der Waals surface area (Å²) in [6, 6.07) is 13.9. The van der Waals surface area contributed by atoms with Crippen LogP contribution in [0.25, 0.3) is 6.08 Å². The number of hydrogen-bond donors (Lipinski definition) is 0. The first-order chi connectivity index (χ1) is 11.9. The van der Waals surface area contributed by atoms with Crippen LogP contribution in [-0.2, 0) is 19.6 Å². The van der Waals surface area contributed by atoms with Gasteiger partial charge in [0.1, 0.15) is 19.0 Å². The Balaban J connectivity index is 1.87. The van der Waals surface area contributed by atoms with Crippen molar-refractivity contribution in [2.75, 3.05) is 20.2 Å². The van der Waals surface area contributed by atoms with Crippen LogP contribution in [0.1, 0.15) is 5.56 Å². The second-order valence-corrected chi connectivity index (χ2v) is 7.26. The fourth-order valence-corrected chi connectivity index (χ4v) is 3.10. The van der Waals surface area contributed by atoms with E-state index in [0.29, 0.717) is 0 Å². The van der Waals surface area contributed by atoms with Gasteiger partial charge in [0.25, 0.3) is 0 Å². The Kier molecular flexibility index (Phi) is 6.44. The molecule has 0 radical (unpaired) electrons. The summed E-state index contributed by atoms with van der Waals surface area (Å²) in [4.78, 5) is 11.7. The molecule has 7 heteroatoms. The van der Waals surface area contributed by atoms with Crippen molar-refractivity contribution in [2.45, 2.75) is 4.90 Å². The molecule has 2 aromatic carbocycles. The summed E-state index contributed by atoms with van der Waals surface area (Å²) in [6.45, 7) is -0.392. The zero-order valence-electron chi connectivity index (χ0n) is 13.6. The maximum atomic E-state index is 12.9. The number of halogens is 1. The highest BCUT2D eigenvalue weighted by molar-refractivity contribution is 7.89. The van der Waals surface area contributed by atoms with Crippen LogP contribution in [0, 0.1) is 5.82 Å². The molecule has 5 nitrogen and oxygen atoms in total. The number of benzene rings is 2. The topological polar surface area (TPSA) is 63.7 Å². The molecule has 2 aromatic rings. The Morgan fingerprint density at radius 1 is 1.12 bits per heavy atom. The third-order valence-corrected chi connectivity index (χ3v) is 5.14. The van der Waals surface area contributed by atoms with Crippen LogP contribution in [0.3, 0.4) is 0 Å². The predicted octanol–water partition coefficient (Wildman–Crippen LogP) is 2.70. The highest BCUT2D eigenvalue weighted by Gasteiger charge is 2.23. The van der Waals surface area contributed by atoms with Crippen molar-refractivity contribution in [3.8, 4) is 0 Å². The van der Waals surface area contributed by atoms with Crippen LogP contribution in [0.15, 0.2) is 65.6 Å². The maximum absolute atomic E-state index is 12.9. The Morgan fingerprint density at radius 2 is 1.76 bits per heavy atom. The van der Waals surface area contributed by atoms with Crippen molar-refractivity contribution in [1.82, 2.24) is 4.31 Å². The van der Waals surface area contributed by atoms with Gasteiger partial charge in [-0.3, -0.25) is 4.79 Å². The number of hydrogen-bond acceptors (Lipinski definition) is 4. The molecule has 0 N–H and O–H groups in total. The summed E-state index contributed by atoms with van der Waals surface area (Å²) in [5.41, 5.74) is 0.967. The van der Waals surface area contributed by atoms with Crippen molar-refractivity contribution in [3.63, 3.8) is 0 Å². The monoisotopic (exact) mass is 363 g/mol. The molecule has 25 heavy (non-hydrogen) atoms. The predicted molar refractivity (Wildman–Crippen MR) is 92.7 cm³/mol. The van der Waals surface area contributed by atoms with E-state index in [-0.39, 0.29) is 11.5 Å². The molecule has 0 spiro atoms. The molecular formula is C18H18FNO4S. The lowest BCUT2D eigenvalue weighted by Gasteiger charge is -2.16. The molecule has 0 aliphatic heterocycles. The number of ether oxygens (including phenoxy) is 1. The molecule has 0 unspecified atom stereocenters. The Hall–Kier alpha value is -2.51. The Bertz CT molecular complexity index is 833. The summed E-state index contributed by atoms with van der Waals surface area (Å²) in [5.74, 6) is -1.21. The summed E-state index contributed by atoms with van der Waals surface area (Å²) < 4.78 is 43.3. The van der Waals surface area contributed by atoms with Crippen molar-refractivity contribution in [1.29, 1.82) is 0 Å². The van der Waals surface area contributed by atoms with Gasteiger partial charge in [-0.2, -0.15) is 4.31 Å². The largest absolute Gasteiger partial charge is 0.460 e. The van der Waals surface area contributed by atoms with E-state index in [9.17, 15) is 17.6 Å². The lowest BCUT2D eigenvalue weighted by molar-refractivity contribution is -0.142. The number of rotatable bonds is 7. The minimum absolute atomic E-state index is 0.0398. The highest BCUT2D eigenvalue weighted by Crippen LogP contribution is 2.14. The van der Waals surface area contributed by atoms with E-state index in [1.807, 2.05) is 30.3 Å². The smallest absolute Gasteiger partial charge is 0.321 e. The standard InChI is InChI=1S/C18H18FNO4S/c1-20(25(22,23)17-11-9-16(19)10-12-17)14-18(21)24-13-5-8-15-6-3-2-4-7-15/h2-12H,13-14H2,1H3/b8-5-. The molecule has 0 heterocycles. The van der Waals surface area contributed by atoms with Crippen molar-refractivity contribution in [2.24, 2.45) is 0 Å². The molecule has 0 saturated heterocycles.